The topological polar surface area (TPSA) is 66.9 Å². The molecule has 0 saturated heterocycles. The molecule has 0 heterocycles. The van der Waals surface area contributed by atoms with Crippen LogP contribution in [-0.4, -0.2) is 51.4 Å². The van der Waals surface area contributed by atoms with Crippen LogP contribution < -0.4 is 25.4 Å². The fourth-order valence-corrected chi connectivity index (χ4v) is 2.03. The number of methoxy groups -OCH3 is 1. The van der Waals surface area contributed by atoms with Crippen LogP contribution in [0.4, 0.5) is 0 Å². The van der Waals surface area contributed by atoms with Gasteiger partial charge in [0.1, 0.15) is 17.6 Å². The standard InChI is InChI=1S/C18H32N4O2.HI/c1-14(24-16-9-7-8-15(12-16)23-6)13-21-17(19-5)20-10-11-22-18(2,3)4;/h7-9,12,14,22H,10-11,13H2,1-6H3,(H2,19,20,21);1H. The number of ether oxygens (including phenoxy) is 2. The highest BCUT2D eigenvalue weighted by Gasteiger charge is 2.09. The summed E-state index contributed by atoms with van der Waals surface area (Å²) in [6.45, 7) is 10.8. The highest BCUT2D eigenvalue weighted by atomic mass is 127. The van der Waals surface area contributed by atoms with Crippen molar-refractivity contribution in [1.29, 1.82) is 0 Å². The number of nitrogens with zero attached hydrogens (tertiary/aromatic N) is 1. The third kappa shape index (κ3) is 11.1. The van der Waals surface area contributed by atoms with Gasteiger partial charge in [-0.25, -0.2) is 0 Å². The Kier molecular flexibility index (Phi) is 11.6. The first-order chi connectivity index (χ1) is 11.3. The molecule has 1 atom stereocenters. The lowest BCUT2D eigenvalue weighted by Crippen LogP contribution is -2.46. The van der Waals surface area contributed by atoms with E-state index in [0.29, 0.717) is 6.54 Å². The van der Waals surface area contributed by atoms with Crippen molar-refractivity contribution < 1.29 is 9.47 Å². The first-order valence-corrected chi connectivity index (χ1v) is 8.34. The van der Waals surface area contributed by atoms with E-state index >= 15 is 0 Å². The summed E-state index contributed by atoms with van der Waals surface area (Å²) in [5.74, 6) is 2.35. The van der Waals surface area contributed by atoms with Crippen LogP contribution in [0.2, 0.25) is 0 Å². The third-order valence-corrected chi connectivity index (χ3v) is 3.23. The number of benzene rings is 1. The molecular weight excluding hydrogens is 431 g/mol. The van der Waals surface area contributed by atoms with E-state index in [9.17, 15) is 0 Å². The van der Waals surface area contributed by atoms with Gasteiger partial charge in [-0.3, -0.25) is 4.99 Å². The lowest BCUT2D eigenvalue weighted by atomic mass is 10.1. The van der Waals surface area contributed by atoms with E-state index in [1.165, 1.54) is 0 Å². The molecule has 0 amide bonds. The molecule has 0 aliphatic rings. The maximum atomic E-state index is 5.88. The van der Waals surface area contributed by atoms with Gasteiger partial charge in [-0.1, -0.05) is 6.07 Å². The molecule has 0 aromatic heterocycles. The summed E-state index contributed by atoms with van der Waals surface area (Å²) < 4.78 is 11.1. The van der Waals surface area contributed by atoms with Gasteiger partial charge in [0.05, 0.1) is 13.7 Å². The Labute approximate surface area is 169 Å². The van der Waals surface area contributed by atoms with Crippen molar-refractivity contribution in [3.63, 3.8) is 0 Å². The molecule has 0 radical (unpaired) electrons. The predicted molar refractivity (Wildman–Crippen MR) is 116 cm³/mol. The average molecular weight is 464 g/mol. The van der Waals surface area contributed by atoms with Crippen molar-refractivity contribution in [3.05, 3.63) is 24.3 Å². The number of aliphatic imine (C=N–C) groups is 1. The fourth-order valence-electron chi connectivity index (χ4n) is 2.03. The van der Waals surface area contributed by atoms with E-state index in [1.807, 2.05) is 31.2 Å². The molecule has 1 rings (SSSR count). The van der Waals surface area contributed by atoms with Gasteiger partial charge in [-0.15, -0.1) is 24.0 Å². The van der Waals surface area contributed by atoms with Gasteiger partial charge in [-0.2, -0.15) is 0 Å². The summed E-state index contributed by atoms with van der Waals surface area (Å²) >= 11 is 0. The molecule has 1 aromatic rings. The average Bonchev–Trinajstić information content (AvgIpc) is 2.53. The van der Waals surface area contributed by atoms with Gasteiger partial charge in [0.25, 0.3) is 0 Å². The second kappa shape index (κ2) is 12.2. The van der Waals surface area contributed by atoms with E-state index in [2.05, 4.69) is 41.7 Å². The Hall–Kier alpha value is -1.22. The summed E-state index contributed by atoms with van der Waals surface area (Å²) in [7, 11) is 3.41. The maximum absolute atomic E-state index is 5.88. The second-order valence-corrected chi connectivity index (χ2v) is 6.66. The minimum Gasteiger partial charge on any atom is -0.497 e. The zero-order valence-electron chi connectivity index (χ0n) is 16.2. The van der Waals surface area contributed by atoms with Crippen molar-refractivity contribution in [2.75, 3.05) is 33.8 Å². The first kappa shape index (κ1) is 23.8. The molecule has 1 aromatic carbocycles. The van der Waals surface area contributed by atoms with Crippen LogP contribution in [0, 0.1) is 0 Å². The molecule has 3 N–H and O–H groups in total. The number of guanidine groups is 1. The molecule has 0 fully saturated rings. The minimum atomic E-state index is 0. The van der Waals surface area contributed by atoms with E-state index in [-0.39, 0.29) is 35.6 Å². The van der Waals surface area contributed by atoms with Crippen LogP contribution in [0.25, 0.3) is 0 Å². The molecule has 0 saturated carbocycles. The van der Waals surface area contributed by atoms with E-state index in [1.54, 1.807) is 14.2 Å². The van der Waals surface area contributed by atoms with Gasteiger partial charge in [0.2, 0.25) is 0 Å². The number of hydrogen-bond donors (Lipinski definition) is 3. The molecule has 0 bridgehead atoms. The van der Waals surface area contributed by atoms with Crippen LogP contribution in [0.5, 0.6) is 11.5 Å². The van der Waals surface area contributed by atoms with Crippen LogP contribution in [0.1, 0.15) is 27.7 Å². The molecule has 1 unspecified atom stereocenters. The van der Waals surface area contributed by atoms with E-state index in [4.69, 9.17) is 9.47 Å². The monoisotopic (exact) mass is 464 g/mol. The van der Waals surface area contributed by atoms with Crippen LogP contribution >= 0.6 is 24.0 Å². The smallest absolute Gasteiger partial charge is 0.191 e. The van der Waals surface area contributed by atoms with Crippen LogP contribution in [-0.2, 0) is 0 Å². The lowest BCUT2D eigenvalue weighted by molar-refractivity contribution is 0.223. The van der Waals surface area contributed by atoms with E-state index < -0.39 is 0 Å². The van der Waals surface area contributed by atoms with E-state index in [0.717, 1.165) is 30.5 Å². The number of nitrogens with one attached hydrogen (secondary N) is 3. The van der Waals surface area contributed by atoms with Gasteiger partial charge >= 0.3 is 0 Å². The highest BCUT2D eigenvalue weighted by molar-refractivity contribution is 14.0. The third-order valence-electron chi connectivity index (χ3n) is 3.23. The molecule has 0 aliphatic heterocycles. The predicted octanol–water partition coefficient (Wildman–Crippen LogP) is 2.63. The maximum Gasteiger partial charge on any atom is 0.191 e. The first-order valence-electron chi connectivity index (χ1n) is 8.34. The number of halogens is 1. The van der Waals surface area contributed by atoms with Gasteiger partial charge in [-0.05, 0) is 39.8 Å². The van der Waals surface area contributed by atoms with Crippen molar-refractivity contribution >= 4 is 29.9 Å². The van der Waals surface area contributed by atoms with Gasteiger partial charge in [0, 0.05) is 31.7 Å². The van der Waals surface area contributed by atoms with Crippen LogP contribution in [0.15, 0.2) is 29.3 Å². The number of rotatable bonds is 8. The molecular formula is C18H33IN4O2. The Morgan fingerprint density at radius 3 is 2.44 bits per heavy atom. The quantitative estimate of drug-likeness (QED) is 0.239. The van der Waals surface area contributed by atoms with Crippen molar-refractivity contribution in [3.8, 4) is 11.5 Å². The van der Waals surface area contributed by atoms with Gasteiger partial charge in [0.15, 0.2) is 5.96 Å². The fraction of sp³-hybridized carbons (Fsp3) is 0.611. The number of hydrogen-bond acceptors (Lipinski definition) is 4. The van der Waals surface area contributed by atoms with Gasteiger partial charge < -0.3 is 25.4 Å². The zero-order valence-corrected chi connectivity index (χ0v) is 18.5. The summed E-state index contributed by atoms with van der Waals surface area (Å²) in [6, 6.07) is 7.61. The summed E-state index contributed by atoms with van der Waals surface area (Å²) in [6.07, 6.45) is 0.00311. The SMILES string of the molecule is CN=C(NCCNC(C)(C)C)NCC(C)Oc1cccc(OC)c1.I. The zero-order chi connectivity index (χ0) is 18.0. The summed E-state index contributed by atoms with van der Waals surface area (Å²) in [4.78, 5) is 4.22. The summed E-state index contributed by atoms with van der Waals surface area (Å²) in [5, 5.41) is 9.98. The molecule has 0 spiro atoms. The molecule has 144 valence electrons. The van der Waals surface area contributed by atoms with Crippen molar-refractivity contribution in [2.24, 2.45) is 4.99 Å². The Morgan fingerprint density at radius 1 is 1.16 bits per heavy atom. The molecule has 7 heteroatoms. The molecule has 25 heavy (non-hydrogen) atoms. The minimum absolute atomic E-state index is 0. The lowest BCUT2D eigenvalue weighted by Gasteiger charge is -2.21. The van der Waals surface area contributed by atoms with Crippen LogP contribution in [0.3, 0.4) is 0 Å². The van der Waals surface area contributed by atoms with Crippen molar-refractivity contribution in [2.45, 2.75) is 39.3 Å². The second-order valence-electron chi connectivity index (χ2n) is 6.66. The Bertz CT molecular complexity index is 518. The normalized spacial score (nSPS) is 12.8. The van der Waals surface area contributed by atoms with Crippen molar-refractivity contribution in [1.82, 2.24) is 16.0 Å². The summed E-state index contributed by atoms with van der Waals surface area (Å²) in [5.41, 5.74) is 0.123. The highest BCUT2D eigenvalue weighted by Crippen LogP contribution is 2.19. The molecule has 0 aliphatic carbocycles. The Balaban J connectivity index is 0.00000576. The largest absolute Gasteiger partial charge is 0.497 e. The Morgan fingerprint density at radius 2 is 1.84 bits per heavy atom. The molecule has 6 nitrogen and oxygen atoms in total.